The Hall–Kier alpha value is -0.950. The van der Waals surface area contributed by atoms with Crippen molar-refractivity contribution >= 4 is 23.0 Å². The zero-order valence-electron chi connectivity index (χ0n) is 7.28. The van der Waals surface area contributed by atoms with Gasteiger partial charge in [0, 0.05) is 0 Å². The van der Waals surface area contributed by atoms with Gasteiger partial charge < -0.3 is 9.87 Å². The first-order chi connectivity index (χ1) is 6.54. The number of imide groups is 1. The van der Waals surface area contributed by atoms with Crippen LogP contribution in [0, 0.1) is 5.92 Å². The molecule has 78 valence electrons. The summed E-state index contributed by atoms with van der Waals surface area (Å²) in [5, 5.41) is 4.56. The van der Waals surface area contributed by atoms with Gasteiger partial charge in [-0.2, -0.15) is 0 Å². The van der Waals surface area contributed by atoms with Crippen molar-refractivity contribution in [2.24, 2.45) is 5.92 Å². The average Bonchev–Trinajstić information content (AvgIpc) is 2.80. The van der Waals surface area contributed by atoms with Crippen molar-refractivity contribution < 1.29 is 18.4 Å². The Morgan fingerprint density at radius 3 is 2.50 bits per heavy atom. The molecule has 2 atom stereocenters. The van der Waals surface area contributed by atoms with Gasteiger partial charge in [-0.15, -0.1) is 0 Å². The minimum atomic E-state index is -2.09. The molecule has 1 saturated carbocycles. The second-order valence-corrected chi connectivity index (χ2v) is 4.55. The highest BCUT2D eigenvalue weighted by Crippen LogP contribution is 2.41. The van der Waals surface area contributed by atoms with Gasteiger partial charge in [-0.05, 0) is 18.8 Å². The fourth-order valence-corrected chi connectivity index (χ4v) is 2.61. The minimum Gasteiger partial charge on any atom is -0.322 e. The van der Waals surface area contributed by atoms with Gasteiger partial charge in [-0.25, -0.2) is 9.00 Å². The molecular weight excluding hydrogens is 208 g/mol. The normalized spacial score (nSPS) is 33.8. The summed E-state index contributed by atoms with van der Waals surface area (Å²) in [7, 11) is 0. The summed E-state index contributed by atoms with van der Waals surface area (Å²) < 4.78 is 19.5. The maximum atomic E-state index is 11.5. The zero-order chi connectivity index (χ0) is 10.3. The standard InChI is InChI=1S/C7H10N2O4S/c10-5-7(3-14(12)13,4-1-2-4)9-6(11)8-5/h4H,1-3H2,(H,12,13)(H2,8,9,10,11). The number of nitrogens with one attached hydrogen (secondary N) is 2. The van der Waals surface area contributed by atoms with Crippen LogP contribution in [0.3, 0.4) is 0 Å². The fourth-order valence-electron chi connectivity index (χ4n) is 1.78. The number of hydrogen-bond acceptors (Lipinski definition) is 3. The van der Waals surface area contributed by atoms with E-state index in [4.69, 9.17) is 4.55 Å². The average molecular weight is 218 g/mol. The lowest BCUT2D eigenvalue weighted by Gasteiger charge is -2.23. The predicted octanol–water partition coefficient (Wildman–Crippen LogP) is -0.804. The molecule has 0 spiro atoms. The Morgan fingerprint density at radius 2 is 2.14 bits per heavy atom. The molecule has 0 aromatic rings. The van der Waals surface area contributed by atoms with Crippen molar-refractivity contribution in [3.8, 4) is 0 Å². The van der Waals surface area contributed by atoms with E-state index in [-0.39, 0.29) is 11.7 Å². The third-order valence-electron chi connectivity index (χ3n) is 2.59. The van der Waals surface area contributed by atoms with Gasteiger partial charge >= 0.3 is 6.03 Å². The third-order valence-corrected chi connectivity index (χ3v) is 3.30. The molecule has 2 aliphatic rings. The van der Waals surface area contributed by atoms with E-state index in [1.165, 1.54) is 0 Å². The van der Waals surface area contributed by atoms with Crippen LogP contribution in [0.4, 0.5) is 4.79 Å². The molecule has 1 saturated heterocycles. The zero-order valence-corrected chi connectivity index (χ0v) is 8.10. The van der Waals surface area contributed by atoms with E-state index in [2.05, 4.69) is 10.6 Å². The maximum absolute atomic E-state index is 11.5. The second kappa shape index (κ2) is 3.03. The van der Waals surface area contributed by atoms with Crippen LogP contribution in [0.15, 0.2) is 0 Å². The number of hydrogen-bond donors (Lipinski definition) is 3. The van der Waals surface area contributed by atoms with E-state index in [1.807, 2.05) is 0 Å². The third kappa shape index (κ3) is 1.42. The maximum Gasteiger partial charge on any atom is 0.322 e. The first-order valence-corrected chi connectivity index (χ1v) is 5.53. The molecule has 2 fully saturated rings. The van der Waals surface area contributed by atoms with Crippen LogP contribution >= 0.6 is 0 Å². The fraction of sp³-hybridized carbons (Fsp3) is 0.714. The molecule has 14 heavy (non-hydrogen) atoms. The van der Waals surface area contributed by atoms with Crippen molar-refractivity contribution in [1.29, 1.82) is 0 Å². The first kappa shape index (κ1) is 9.60. The molecule has 7 heteroatoms. The summed E-state index contributed by atoms with van der Waals surface area (Å²) in [6.07, 6.45) is 1.62. The molecule has 1 heterocycles. The number of urea groups is 1. The monoisotopic (exact) mass is 218 g/mol. The van der Waals surface area contributed by atoms with E-state index in [9.17, 15) is 13.8 Å². The van der Waals surface area contributed by atoms with E-state index >= 15 is 0 Å². The topological polar surface area (TPSA) is 95.5 Å². The summed E-state index contributed by atoms with van der Waals surface area (Å²) in [5.74, 6) is -0.702. The van der Waals surface area contributed by atoms with Crippen molar-refractivity contribution in [2.45, 2.75) is 18.4 Å². The highest BCUT2D eigenvalue weighted by atomic mass is 32.2. The lowest BCUT2D eigenvalue weighted by Crippen LogP contribution is -2.53. The first-order valence-electron chi connectivity index (χ1n) is 4.25. The Bertz CT molecular complexity index is 328. The van der Waals surface area contributed by atoms with E-state index < -0.39 is 28.6 Å². The summed E-state index contributed by atoms with van der Waals surface area (Å²) in [6.45, 7) is 0. The Morgan fingerprint density at radius 1 is 1.50 bits per heavy atom. The smallest absolute Gasteiger partial charge is 0.322 e. The molecule has 6 nitrogen and oxygen atoms in total. The van der Waals surface area contributed by atoms with Crippen molar-refractivity contribution in [1.82, 2.24) is 10.6 Å². The highest BCUT2D eigenvalue weighted by Gasteiger charge is 2.56. The highest BCUT2D eigenvalue weighted by molar-refractivity contribution is 7.79. The van der Waals surface area contributed by atoms with Crippen LogP contribution < -0.4 is 10.6 Å². The van der Waals surface area contributed by atoms with Gasteiger partial charge in [-0.3, -0.25) is 10.1 Å². The summed E-state index contributed by atoms with van der Waals surface area (Å²) in [5.41, 5.74) is -1.14. The molecular formula is C7H10N2O4S. The summed E-state index contributed by atoms with van der Waals surface area (Å²) >= 11 is -2.09. The SMILES string of the molecule is O=C1NC(=O)C(CS(=O)O)(C2CC2)N1. The molecule has 2 rings (SSSR count). The van der Waals surface area contributed by atoms with Gasteiger partial charge in [-0.1, -0.05) is 0 Å². The Balaban J connectivity index is 2.25. The van der Waals surface area contributed by atoms with E-state index in [1.54, 1.807) is 0 Å². The van der Waals surface area contributed by atoms with Gasteiger partial charge in [0.15, 0.2) is 11.1 Å². The van der Waals surface area contributed by atoms with Crippen LogP contribution in [0.25, 0.3) is 0 Å². The molecule has 1 aliphatic carbocycles. The van der Waals surface area contributed by atoms with Crippen LogP contribution in [-0.2, 0) is 15.9 Å². The Kier molecular flexibility index (Phi) is 2.07. The van der Waals surface area contributed by atoms with Gasteiger partial charge in [0.1, 0.15) is 5.54 Å². The molecule has 0 bridgehead atoms. The molecule has 1 aliphatic heterocycles. The van der Waals surface area contributed by atoms with Crippen LogP contribution in [0.1, 0.15) is 12.8 Å². The molecule has 0 radical (unpaired) electrons. The Labute approximate surface area is 82.7 Å². The lowest BCUT2D eigenvalue weighted by atomic mass is 9.96. The summed E-state index contributed by atoms with van der Waals surface area (Å²) in [4.78, 5) is 22.4. The van der Waals surface area contributed by atoms with E-state index in [0.717, 1.165) is 12.8 Å². The predicted molar refractivity (Wildman–Crippen MR) is 47.8 cm³/mol. The van der Waals surface area contributed by atoms with Crippen LogP contribution in [0.2, 0.25) is 0 Å². The van der Waals surface area contributed by atoms with Crippen LogP contribution in [-0.4, -0.2) is 32.0 Å². The molecule has 3 N–H and O–H groups in total. The molecule has 0 aromatic heterocycles. The largest absolute Gasteiger partial charge is 0.322 e. The van der Waals surface area contributed by atoms with Crippen LogP contribution in [0.5, 0.6) is 0 Å². The quantitative estimate of drug-likeness (QED) is 0.426. The minimum absolute atomic E-state index is 0.00468. The van der Waals surface area contributed by atoms with E-state index in [0.29, 0.717) is 0 Å². The summed E-state index contributed by atoms with van der Waals surface area (Å²) in [6, 6.07) is -0.577. The lowest BCUT2D eigenvalue weighted by molar-refractivity contribution is -0.123. The number of rotatable bonds is 3. The molecule has 3 amide bonds. The molecule has 0 aromatic carbocycles. The van der Waals surface area contributed by atoms with Gasteiger partial charge in [0.25, 0.3) is 5.91 Å². The second-order valence-electron chi connectivity index (χ2n) is 3.62. The van der Waals surface area contributed by atoms with Crippen molar-refractivity contribution in [2.75, 3.05) is 5.75 Å². The van der Waals surface area contributed by atoms with Gasteiger partial charge in [0.05, 0.1) is 5.75 Å². The molecule has 2 unspecified atom stereocenters. The van der Waals surface area contributed by atoms with Gasteiger partial charge in [0.2, 0.25) is 0 Å². The van der Waals surface area contributed by atoms with Crippen molar-refractivity contribution in [3.63, 3.8) is 0 Å². The number of carbonyl (C=O) groups excluding carboxylic acids is 2. The number of amides is 3. The number of carbonyl (C=O) groups is 2. The van der Waals surface area contributed by atoms with Crippen molar-refractivity contribution in [3.05, 3.63) is 0 Å².